The highest BCUT2D eigenvalue weighted by Crippen LogP contribution is 2.37. The number of rotatable bonds is 8. The fourth-order valence-corrected chi connectivity index (χ4v) is 4.41. The molecule has 0 saturated carbocycles. The van der Waals surface area contributed by atoms with E-state index in [0.717, 1.165) is 22.8 Å². The molecular weight excluding hydrogens is 394 g/mol. The first-order valence-electron chi connectivity index (χ1n) is 10.0. The van der Waals surface area contributed by atoms with Crippen LogP contribution in [0.4, 0.5) is 0 Å². The third-order valence-electron chi connectivity index (χ3n) is 4.79. The van der Waals surface area contributed by atoms with Gasteiger partial charge in [-0.15, -0.1) is 0 Å². The van der Waals surface area contributed by atoms with Crippen LogP contribution in [0.25, 0.3) is 0 Å². The summed E-state index contributed by atoms with van der Waals surface area (Å²) in [6.07, 6.45) is 0. The van der Waals surface area contributed by atoms with Crippen molar-refractivity contribution in [3.05, 3.63) is 84.1 Å². The van der Waals surface area contributed by atoms with Crippen molar-refractivity contribution < 1.29 is 14.3 Å². The zero-order chi connectivity index (χ0) is 21.5. The summed E-state index contributed by atoms with van der Waals surface area (Å²) in [5, 5.41) is 0.0330. The molecule has 156 valence electrons. The smallest absolute Gasteiger partial charge is 0.219 e. The van der Waals surface area contributed by atoms with E-state index in [2.05, 4.69) is 18.8 Å². The van der Waals surface area contributed by atoms with E-state index in [1.54, 1.807) is 7.11 Å². The number of methoxy groups -OCH3 is 1. The highest BCUT2D eigenvalue weighted by molar-refractivity contribution is 8.13. The van der Waals surface area contributed by atoms with E-state index < -0.39 is 0 Å². The van der Waals surface area contributed by atoms with Crippen molar-refractivity contribution in [3.8, 4) is 17.4 Å². The molecule has 0 aliphatic heterocycles. The standard InChI is InChI=1S/C25H27NO3S/c1-17(2)24(19-10-8-13-21(16-19)28-4)25(27)30-18(3)22-14-9-15-23(26-22)29-20-11-6-5-7-12-20/h5-18,24H,1-4H3/t18-,24?/m0/s1. The number of thioether (sulfide) groups is 1. The molecule has 0 radical (unpaired) electrons. The van der Waals surface area contributed by atoms with Crippen LogP contribution in [-0.2, 0) is 4.79 Å². The molecular formula is C25H27NO3S. The maximum Gasteiger partial charge on any atom is 0.219 e. The van der Waals surface area contributed by atoms with Gasteiger partial charge < -0.3 is 9.47 Å². The zero-order valence-electron chi connectivity index (χ0n) is 17.7. The molecule has 0 aliphatic rings. The number of para-hydroxylation sites is 1. The summed E-state index contributed by atoms with van der Waals surface area (Å²) in [7, 11) is 1.64. The molecule has 4 nitrogen and oxygen atoms in total. The van der Waals surface area contributed by atoms with Crippen LogP contribution < -0.4 is 9.47 Å². The van der Waals surface area contributed by atoms with Crippen molar-refractivity contribution in [1.29, 1.82) is 0 Å². The van der Waals surface area contributed by atoms with Gasteiger partial charge in [0, 0.05) is 6.07 Å². The van der Waals surface area contributed by atoms with Gasteiger partial charge in [0.25, 0.3) is 0 Å². The molecule has 0 saturated heterocycles. The Morgan fingerprint density at radius 1 is 0.900 bits per heavy atom. The number of benzene rings is 2. The Morgan fingerprint density at radius 3 is 2.30 bits per heavy atom. The molecule has 3 aromatic rings. The Labute approximate surface area is 182 Å². The van der Waals surface area contributed by atoms with E-state index in [4.69, 9.17) is 9.47 Å². The van der Waals surface area contributed by atoms with Crippen molar-refractivity contribution >= 4 is 16.9 Å². The third kappa shape index (κ3) is 5.63. The number of pyridine rings is 1. The van der Waals surface area contributed by atoms with Gasteiger partial charge in [0.05, 0.1) is 24.0 Å². The van der Waals surface area contributed by atoms with Crippen LogP contribution in [0.5, 0.6) is 17.4 Å². The fraction of sp³-hybridized carbons (Fsp3) is 0.280. The largest absolute Gasteiger partial charge is 0.497 e. The average molecular weight is 422 g/mol. The maximum atomic E-state index is 13.2. The second kappa shape index (κ2) is 10.3. The highest BCUT2D eigenvalue weighted by atomic mass is 32.2. The molecule has 3 rings (SSSR count). The quantitative estimate of drug-likeness (QED) is 0.408. The Morgan fingerprint density at radius 2 is 1.60 bits per heavy atom. The lowest BCUT2D eigenvalue weighted by Gasteiger charge is -2.22. The summed E-state index contributed by atoms with van der Waals surface area (Å²) in [5.74, 6) is 1.97. The van der Waals surface area contributed by atoms with Crippen LogP contribution >= 0.6 is 11.8 Å². The first-order valence-corrected chi connectivity index (χ1v) is 10.9. The fourth-order valence-electron chi connectivity index (χ4n) is 3.26. The van der Waals surface area contributed by atoms with Crippen molar-refractivity contribution in [2.45, 2.75) is 31.9 Å². The average Bonchev–Trinajstić information content (AvgIpc) is 2.74. The van der Waals surface area contributed by atoms with E-state index in [-0.39, 0.29) is 22.2 Å². The molecule has 2 aromatic carbocycles. The molecule has 2 atom stereocenters. The summed E-state index contributed by atoms with van der Waals surface area (Å²) in [6, 6.07) is 23.0. The number of hydrogen-bond donors (Lipinski definition) is 0. The molecule has 0 fully saturated rings. The molecule has 0 amide bonds. The van der Waals surface area contributed by atoms with Crippen molar-refractivity contribution in [2.24, 2.45) is 5.92 Å². The summed E-state index contributed by atoms with van der Waals surface area (Å²) in [5.41, 5.74) is 1.79. The summed E-state index contributed by atoms with van der Waals surface area (Å²) in [6.45, 7) is 6.14. The second-order valence-corrected chi connectivity index (χ2v) is 8.74. The van der Waals surface area contributed by atoms with Gasteiger partial charge in [-0.3, -0.25) is 4.79 Å². The monoisotopic (exact) mass is 421 g/mol. The Hall–Kier alpha value is -2.79. The van der Waals surface area contributed by atoms with Crippen molar-refractivity contribution in [1.82, 2.24) is 4.98 Å². The molecule has 1 aromatic heterocycles. The topological polar surface area (TPSA) is 48.4 Å². The first-order chi connectivity index (χ1) is 14.5. The first kappa shape index (κ1) is 21.9. The highest BCUT2D eigenvalue weighted by Gasteiger charge is 2.27. The summed E-state index contributed by atoms with van der Waals surface area (Å²) in [4.78, 5) is 17.8. The number of carbonyl (C=O) groups is 1. The molecule has 0 aliphatic carbocycles. The predicted molar refractivity (Wildman–Crippen MR) is 122 cm³/mol. The van der Waals surface area contributed by atoms with Crippen LogP contribution in [0, 0.1) is 5.92 Å². The third-order valence-corrected chi connectivity index (χ3v) is 5.87. The molecule has 1 unspecified atom stereocenters. The van der Waals surface area contributed by atoms with Gasteiger partial charge in [0.15, 0.2) is 5.12 Å². The van der Waals surface area contributed by atoms with Crippen molar-refractivity contribution in [2.75, 3.05) is 7.11 Å². The van der Waals surface area contributed by atoms with Crippen molar-refractivity contribution in [3.63, 3.8) is 0 Å². The Bertz CT molecular complexity index is 975. The normalized spacial score (nSPS) is 13.0. The molecule has 5 heteroatoms. The summed E-state index contributed by atoms with van der Waals surface area (Å²) >= 11 is 1.31. The van der Waals surface area contributed by atoms with Crippen LogP contribution in [0.15, 0.2) is 72.8 Å². The molecule has 1 heterocycles. The lowest BCUT2D eigenvalue weighted by molar-refractivity contribution is -0.113. The van der Waals surface area contributed by atoms with E-state index in [1.165, 1.54) is 11.8 Å². The zero-order valence-corrected chi connectivity index (χ0v) is 18.6. The molecule has 0 bridgehead atoms. The van der Waals surface area contributed by atoms with E-state index in [1.807, 2.05) is 79.7 Å². The van der Waals surface area contributed by atoms with E-state index in [0.29, 0.717) is 5.88 Å². The Kier molecular flexibility index (Phi) is 7.52. The van der Waals surface area contributed by atoms with Gasteiger partial charge in [-0.05, 0) is 48.7 Å². The molecule has 0 N–H and O–H groups in total. The van der Waals surface area contributed by atoms with Crippen LogP contribution in [-0.4, -0.2) is 17.2 Å². The number of hydrogen-bond acceptors (Lipinski definition) is 5. The van der Waals surface area contributed by atoms with E-state index >= 15 is 0 Å². The van der Waals surface area contributed by atoms with Crippen LogP contribution in [0.1, 0.15) is 43.2 Å². The second-order valence-electron chi connectivity index (χ2n) is 7.39. The minimum Gasteiger partial charge on any atom is -0.497 e. The number of ether oxygens (including phenoxy) is 2. The summed E-state index contributed by atoms with van der Waals surface area (Å²) < 4.78 is 11.2. The molecule has 30 heavy (non-hydrogen) atoms. The minimum absolute atomic E-state index is 0.0938. The predicted octanol–water partition coefficient (Wildman–Crippen LogP) is 6.64. The van der Waals surface area contributed by atoms with Gasteiger partial charge in [0.1, 0.15) is 11.5 Å². The number of nitrogens with zero attached hydrogens (tertiary/aromatic N) is 1. The van der Waals surface area contributed by atoms with Gasteiger partial charge >= 0.3 is 0 Å². The van der Waals surface area contributed by atoms with Crippen LogP contribution in [0.2, 0.25) is 0 Å². The maximum absolute atomic E-state index is 13.2. The van der Waals surface area contributed by atoms with Gasteiger partial charge in [-0.1, -0.05) is 62.0 Å². The van der Waals surface area contributed by atoms with Gasteiger partial charge in [-0.2, -0.15) is 0 Å². The number of aromatic nitrogens is 1. The molecule has 0 spiro atoms. The van der Waals surface area contributed by atoms with E-state index in [9.17, 15) is 4.79 Å². The van der Waals surface area contributed by atoms with Gasteiger partial charge in [-0.25, -0.2) is 4.98 Å². The lowest BCUT2D eigenvalue weighted by atomic mass is 9.89. The number of carbonyl (C=O) groups excluding carboxylic acids is 1. The lowest BCUT2D eigenvalue weighted by Crippen LogP contribution is -2.16. The SMILES string of the molecule is COc1cccc(C(C(=O)S[C@@H](C)c2cccc(Oc3ccccc3)n2)C(C)C)c1. The Balaban J connectivity index is 1.74. The minimum atomic E-state index is -0.212. The van der Waals surface area contributed by atoms with Crippen LogP contribution in [0.3, 0.4) is 0 Å². The van der Waals surface area contributed by atoms with Gasteiger partial charge in [0.2, 0.25) is 5.88 Å².